The molecule has 2 saturated heterocycles. The van der Waals surface area contributed by atoms with Gasteiger partial charge in [0.15, 0.2) is 0 Å². The van der Waals surface area contributed by atoms with Gasteiger partial charge in [-0.25, -0.2) is 4.98 Å². The standard InChI is InChI=1S/C17H19N3OS/c1-2-6-19-16(3-1)21-15-9-17(22-11-15)12-20(13-17)10-14-4-7-18-8-5-14/h1-8,15H,9-13H2/t15-/m1/s1. The molecule has 2 aromatic rings. The number of ether oxygens (including phenoxy) is 1. The molecule has 0 amide bonds. The maximum atomic E-state index is 6.00. The lowest BCUT2D eigenvalue weighted by atomic mass is 9.92. The fourth-order valence-electron chi connectivity index (χ4n) is 3.31. The summed E-state index contributed by atoms with van der Waals surface area (Å²) in [5, 5.41) is 0. The lowest BCUT2D eigenvalue weighted by Gasteiger charge is -2.47. The number of nitrogens with zero attached hydrogens (tertiary/aromatic N) is 3. The second-order valence-electron chi connectivity index (χ2n) is 6.11. The van der Waals surface area contributed by atoms with Crippen molar-refractivity contribution in [2.24, 2.45) is 0 Å². The fourth-order valence-corrected chi connectivity index (χ4v) is 4.89. The van der Waals surface area contributed by atoms with E-state index in [2.05, 4.69) is 38.8 Å². The van der Waals surface area contributed by atoms with E-state index >= 15 is 0 Å². The van der Waals surface area contributed by atoms with Crippen LogP contribution in [0.5, 0.6) is 5.88 Å². The van der Waals surface area contributed by atoms with Gasteiger partial charge in [-0.2, -0.15) is 0 Å². The summed E-state index contributed by atoms with van der Waals surface area (Å²) in [5.74, 6) is 1.82. The molecule has 4 nitrogen and oxygen atoms in total. The van der Waals surface area contributed by atoms with E-state index in [0.29, 0.717) is 10.9 Å². The summed E-state index contributed by atoms with van der Waals surface area (Å²) in [7, 11) is 0. The first kappa shape index (κ1) is 14.0. The van der Waals surface area contributed by atoms with Gasteiger partial charge in [-0.05, 0) is 23.8 Å². The minimum atomic E-state index is 0.294. The van der Waals surface area contributed by atoms with Crippen LogP contribution < -0.4 is 4.74 Å². The van der Waals surface area contributed by atoms with E-state index in [-0.39, 0.29) is 0 Å². The first-order chi connectivity index (χ1) is 10.8. The molecule has 4 rings (SSSR count). The molecule has 4 heterocycles. The lowest BCUT2D eigenvalue weighted by molar-refractivity contribution is 0.0908. The van der Waals surface area contributed by atoms with Crippen LogP contribution in [0, 0.1) is 0 Å². The first-order valence-electron chi connectivity index (χ1n) is 7.64. The summed E-state index contributed by atoms with van der Waals surface area (Å²) in [6.45, 7) is 3.33. The van der Waals surface area contributed by atoms with E-state index in [1.807, 2.05) is 30.6 Å². The largest absolute Gasteiger partial charge is 0.473 e. The molecular weight excluding hydrogens is 294 g/mol. The predicted molar refractivity (Wildman–Crippen MR) is 88.0 cm³/mol. The molecule has 0 N–H and O–H groups in total. The molecule has 2 fully saturated rings. The highest BCUT2D eigenvalue weighted by Gasteiger charge is 2.49. The molecule has 0 radical (unpaired) electrons. The van der Waals surface area contributed by atoms with Crippen molar-refractivity contribution in [1.82, 2.24) is 14.9 Å². The number of likely N-dealkylation sites (tertiary alicyclic amines) is 1. The predicted octanol–water partition coefficient (Wildman–Crippen LogP) is 2.62. The van der Waals surface area contributed by atoms with E-state index in [4.69, 9.17) is 4.74 Å². The zero-order chi connectivity index (χ0) is 14.8. The molecule has 0 unspecified atom stereocenters. The Kier molecular flexibility index (Phi) is 3.76. The Bertz CT molecular complexity index is 616. The van der Waals surface area contributed by atoms with Gasteiger partial charge in [0.05, 0.1) is 0 Å². The Labute approximate surface area is 134 Å². The SMILES string of the molecule is c1ccc(O[C@H]2CSC3(C2)CN(Cc2ccncc2)C3)nc1. The van der Waals surface area contributed by atoms with E-state index in [0.717, 1.165) is 37.7 Å². The Morgan fingerprint density at radius 2 is 2.05 bits per heavy atom. The van der Waals surface area contributed by atoms with Gasteiger partial charge in [0, 0.05) is 61.2 Å². The first-order valence-corrected chi connectivity index (χ1v) is 8.63. The summed E-state index contributed by atoms with van der Waals surface area (Å²) >= 11 is 2.07. The van der Waals surface area contributed by atoms with Crippen molar-refractivity contribution in [1.29, 1.82) is 0 Å². The Morgan fingerprint density at radius 3 is 2.82 bits per heavy atom. The second kappa shape index (κ2) is 5.89. The van der Waals surface area contributed by atoms with Gasteiger partial charge in [0.25, 0.3) is 0 Å². The number of aromatic nitrogens is 2. The molecule has 2 aliphatic heterocycles. The molecule has 1 atom stereocenters. The Morgan fingerprint density at radius 1 is 1.18 bits per heavy atom. The van der Waals surface area contributed by atoms with Crippen molar-refractivity contribution in [3.05, 3.63) is 54.5 Å². The van der Waals surface area contributed by atoms with Crippen LogP contribution in [0.25, 0.3) is 0 Å². The number of pyridine rings is 2. The molecule has 0 saturated carbocycles. The molecule has 0 aliphatic carbocycles. The highest BCUT2D eigenvalue weighted by molar-refractivity contribution is 8.01. The minimum absolute atomic E-state index is 0.294. The van der Waals surface area contributed by atoms with Crippen molar-refractivity contribution in [2.75, 3.05) is 18.8 Å². The summed E-state index contributed by atoms with van der Waals surface area (Å²) in [5.41, 5.74) is 1.34. The van der Waals surface area contributed by atoms with Crippen LogP contribution in [0.2, 0.25) is 0 Å². The normalized spacial score (nSPS) is 23.4. The fraction of sp³-hybridized carbons (Fsp3) is 0.412. The molecule has 0 aromatic carbocycles. The third-order valence-electron chi connectivity index (χ3n) is 4.28. The summed E-state index contributed by atoms with van der Waals surface area (Å²) in [4.78, 5) is 10.8. The average Bonchev–Trinajstić information content (AvgIpc) is 2.93. The van der Waals surface area contributed by atoms with E-state index in [1.54, 1.807) is 6.20 Å². The van der Waals surface area contributed by atoms with Gasteiger partial charge in [-0.3, -0.25) is 9.88 Å². The molecule has 2 aromatic heterocycles. The molecule has 2 aliphatic rings. The zero-order valence-corrected chi connectivity index (χ0v) is 13.2. The van der Waals surface area contributed by atoms with Crippen molar-refractivity contribution in [3.8, 4) is 5.88 Å². The zero-order valence-electron chi connectivity index (χ0n) is 12.4. The van der Waals surface area contributed by atoms with Gasteiger partial charge in [-0.1, -0.05) is 6.07 Å². The van der Waals surface area contributed by atoms with Crippen LogP contribution in [-0.2, 0) is 6.54 Å². The Balaban J connectivity index is 1.29. The highest BCUT2D eigenvalue weighted by atomic mass is 32.2. The summed E-state index contributed by atoms with van der Waals surface area (Å²) in [6.07, 6.45) is 6.94. The number of rotatable bonds is 4. The van der Waals surface area contributed by atoms with Gasteiger partial charge in [0.1, 0.15) is 6.10 Å². The highest BCUT2D eigenvalue weighted by Crippen LogP contribution is 2.46. The van der Waals surface area contributed by atoms with Crippen LogP contribution in [0.1, 0.15) is 12.0 Å². The van der Waals surface area contributed by atoms with Crippen LogP contribution in [-0.4, -0.2) is 44.6 Å². The van der Waals surface area contributed by atoms with Crippen molar-refractivity contribution in [3.63, 3.8) is 0 Å². The maximum Gasteiger partial charge on any atom is 0.213 e. The number of thioether (sulfide) groups is 1. The van der Waals surface area contributed by atoms with Crippen molar-refractivity contribution < 1.29 is 4.74 Å². The molecule has 5 heteroatoms. The van der Waals surface area contributed by atoms with E-state index in [1.165, 1.54) is 5.56 Å². The van der Waals surface area contributed by atoms with Crippen molar-refractivity contribution in [2.45, 2.75) is 23.8 Å². The molecule has 0 bridgehead atoms. The molecule has 22 heavy (non-hydrogen) atoms. The number of hydrogen-bond acceptors (Lipinski definition) is 5. The second-order valence-corrected chi connectivity index (χ2v) is 7.59. The van der Waals surface area contributed by atoms with Crippen LogP contribution >= 0.6 is 11.8 Å². The average molecular weight is 313 g/mol. The quantitative estimate of drug-likeness (QED) is 0.867. The number of hydrogen-bond donors (Lipinski definition) is 0. The van der Waals surface area contributed by atoms with Gasteiger partial charge < -0.3 is 4.74 Å². The molecule has 114 valence electrons. The smallest absolute Gasteiger partial charge is 0.213 e. The summed E-state index contributed by atoms with van der Waals surface area (Å²) in [6, 6.07) is 10.0. The van der Waals surface area contributed by atoms with Gasteiger partial charge in [-0.15, -0.1) is 11.8 Å². The van der Waals surface area contributed by atoms with E-state index in [9.17, 15) is 0 Å². The van der Waals surface area contributed by atoms with Gasteiger partial charge >= 0.3 is 0 Å². The molecule has 1 spiro atoms. The Hall–Kier alpha value is -1.59. The monoisotopic (exact) mass is 313 g/mol. The van der Waals surface area contributed by atoms with E-state index < -0.39 is 0 Å². The third-order valence-corrected chi connectivity index (χ3v) is 5.86. The topological polar surface area (TPSA) is 38.2 Å². The lowest BCUT2D eigenvalue weighted by Crippen LogP contribution is -2.58. The van der Waals surface area contributed by atoms with Crippen LogP contribution in [0.15, 0.2) is 48.9 Å². The summed E-state index contributed by atoms with van der Waals surface area (Å²) < 4.78 is 6.40. The van der Waals surface area contributed by atoms with Gasteiger partial charge in [0.2, 0.25) is 5.88 Å². The van der Waals surface area contributed by atoms with Crippen LogP contribution in [0.4, 0.5) is 0 Å². The maximum absolute atomic E-state index is 6.00. The molecular formula is C17H19N3OS. The van der Waals surface area contributed by atoms with Crippen molar-refractivity contribution >= 4 is 11.8 Å². The van der Waals surface area contributed by atoms with Crippen LogP contribution in [0.3, 0.4) is 0 Å². The third kappa shape index (κ3) is 2.96. The minimum Gasteiger partial charge on any atom is -0.473 e.